The third-order valence-corrected chi connectivity index (χ3v) is 5.88. The molecule has 5 N–H and O–H groups in total. The summed E-state index contributed by atoms with van der Waals surface area (Å²) in [6.07, 6.45) is 4.56. The fraction of sp³-hybridized carbons (Fsp3) is 0.583. The molecule has 0 bridgehead atoms. The Bertz CT molecular complexity index is 868. The van der Waals surface area contributed by atoms with E-state index >= 15 is 0 Å². The van der Waals surface area contributed by atoms with Crippen LogP contribution in [0, 0.1) is 0 Å². The number of nitrogen functional groups attached to an aromatic ring is 1. The summed E-state index contributed by atoms with van der Waals surface area (Å²) in [5.41, 5.74) is 16.7. The van der Waals surface area contributed by atoms with E-state index in [1.165, 1.54) is 29.5 Å². The van der Waals surface area contributed by atoms with E-state index in [0.717, 1.165) is 44.5 Å². The van der Waals surface area contributed by atoms with Crippen LogP contribution in [-0.4, -0.2) is 46.7 Å². The van der Waals surface area contributed by atoms with Crippen molar-refractivity contribution in [2.24, 2.45) is 5.73 Å². The summed E-state index contributed by atoms with van der Waals surface area (Å²) >= 11 is 0. The van der Waals surface area contributed by atoms with Crippen LogP contribution in [0.5, 0.6) is 0 Å². The van der Waals surface area contributed by atoms with Crippen LogP contribution in [0.25, 0.3) is 5.57 Å². The molecule has 1 aliphatic heterocycles. The second-order valence-electron chi connectivity index (χ2n) is 9.45. The van der Waals surface area contributed by atoms with Crippen LogP contribution in [0.4, 0.5) is 18.9 Å². The van der Waals surface area contributed by atoms with Crippen molar-refractivity contribution in [1.29, 1.82) is 0 Å². The molecule has 1 saturated heterocycles. The lowest BCUT2D eigenvalue weighted by atomic mass is 9.85. The zero-order valence-corrected chi connectivity index (χ0v) is 19.3. The molecule has 184 valence electrons. The number of likely N-dealkylation sites (tertiary alicyclic amines) is 1. The average molecular weight is 470 g/mol. The molecular formula is C24H34F3N3O3. The number of hydrogen-bond donors (Lipinski definition) is 3. The van der Waals surface area contributed by atoms with Gasteiger partial charge in [-0.05, 0) is 81.6 Å². The standard InChI is InChI=1S/C22H33N3O.C2HF3O2/c1-22(2,24)15-21(26)25-12-10-16(11-13-25)18-8-9-20(23)19(14-18)17-6-4-3-5-7-17;3-2(4,5)1(6)7/h6,8-9,14,16H,3-5,7,10-13,15,23-24H2,1-2H3;(H,6,7). The third-order valence-electron chi connectivity index (χ3n) is 5.88. The molecule has 6 nitrogen and oxygen atoms in total. The maximum absolute atomic E-state index is 12.4. The highest BCUT2D eigenvalue weighted by atomic mass is 19.4. The smallest absolute Gasteiger partial charge is 0.475 e. The van der Waals surface area contributed by atoms with E-state index in [-0.39, 0.29) is 5.91 Å². The predicted octanol–water partition coefficient (Wildman–Crippen LogP) is 4.69. The van der Waals surface area contributed by atoms with Crippen LogP contribution in [0.15, 0.2) is 24.3 Å². The molecular weight excluding hydrogens is 435 g/mol. The van der Waals surface area contributed by atoms with Crippen molar-refractivity contribution in [2.45, 2.75) is 76.4 Å². The van der Waals surface area contributed by atoms with E-state index in [0.29, 0.717) is 12.3 Å². The van der Waals surface area contributed by atoms with E-state index < -0.39 is 17.7 Å². The van der Waals surface area contributed by atoms with Crippen molar-refractivity contribution in [3.63, 3.8) is 0 Å². The number of benzene rings is 1. The molecule has 0 aromatic heterocycles. The molecule has 0 unspecified atom stereocenters. The van der Waals surface area contributed by atoms with Crippen LogP contribution in [0.2, 0.25) is 0 Å². The van der Waals surface area contributed by atoms with Crippen molar-refractivity contribution >= 4 is 23.1 Å². The van der Waals surface area contributed by atoms with Gasteiger partial charge in [0.1, 0.15) is 0 Å². The van der Waals surface area contributed by atoms with Crippen LogP contribution < -0.4 is 11.5 Å². The number of nitrogens with two attached hydrogens (primary N) is 2. The Morgan fingerprint density at radius 2 is 1.76 bits per heavy atom. The van der Waals surface area contributed by atoms with Gasteiger partial charge in [0.25, 0.3) is 0 Å². The van der Waals surface area contributed by atoms with E-state index in [1.54, 1.807) is 0 Å². The Balaban J connectivity index is 0.000000479. The largest absolute Gasteiger partial charge is 0.490 e. The van der Waals surface area contributed by atoms with Gasteiger partial charge in [0.15, 0.2) is 0 Å². The number of carbonyl (C=O) groups is 2. The number of amides is 1. The zero-order chi connectivity index (χ0) is 24.8. The van der Waals surface area contributed by atoms with Crippen molar-refractivity contribution < 1.29 is 27.9 Å². The normalized spacial score (nSPS) is 17.6. The van der Waals surface area contributed by atoms with Gasteiger partial charge >= 0.3 is 12.1 Å². The van der Waals surface area contributed by atoms with Crippen LogP contribution in [-0.2, 0) is 9.59 Å². The fourth-order valence-electron chi connectivity index (χ4n) is 4.15. The maximum Gasteiger partial charge on any atom is 0.490 e. The van der Waals surface area contributed by atoms with E-state index in [1.807, 2.05) is 18.7 Å². The molecule has 1 aromatic rings. The molecule has 1 amide bonds. The molecule has 0 atom stereocenters. The number of piperidine rings is 1. The number of hydrogen-bond acceptors (Lipinski definition) is 4. The molecule has 9 heteroatoms. The summed E-state index contributed by atoms with van der Waals surface area (Å²) in [7, 11) is 0. The number of allylic oxidation sites excluding steroid dienone is 2. The minimum absolute atomic E-state index is 0.182. The highest BCUT2D eigenvalue weighted by Gasteiger charge is 2.38. The maximum atomic E-state index is 12.4. The van der Waals surface area contributed by atoms with Gasteiger partial charge in [-0.15, -0.1) is 0 Å². The summed E-state index contributed by atoms with van der Waals surface area (Å²) in [5.74, 6) is -2.07. The predicted molar refractivity (Wildman–Crippen MR) is 122 cm³/mol. The first-order valence-corrected chi connectivity index (χ1v) is 11.2. The number of carboxylic acid groups (broad SMARTS) is 1. The third kappa shape index (κ3) is 8.38. The first-order chi connectivity index (χ1) is 15.3. The molecule has 1 aliphatic carbocycles. The van der Waals surface area contributed by atoms with Crippen LogP contribution >= 0.6 is 0 Å². The Labute approximate surface area is 192 Å². The number of rotatable bonds is 4. The number of carboxylic acids is 1. The number of anilines is 1. The molecule has 1 fully saturated rings. The minimum atomic E-state index is -5.08. The number of halogens is 3. The Hall–Kier alpha value is -2.55. The summed E-state index contributed by atoms with van der Waals surface area (Å²) < 4.78 is 31.7. The number of alkyl halides is 3. The van der Waals surface area contributed by atoms with E-state index in [9.17, 15) is 18.0 Å². The van der Waals surface area contributed by atoms with Crippen LogP contribution in [0.1, 0.15) is 75.8 Å². The lowest BCUT2D eigenvalue weighted by Crippen LogP contribution is -2.44. The Morgan fingerprint density at radius 1 is 1.15 bits per heavy atom. The molecule has 3 rings (SSSR count). The molecule has 0 spiro atoms. The van der Waals surface area contributed by atoms with Gasteiger partial charge in [0.2, 0.25) is 5.91 Å². The summed E-state index contributed by atoms with van der Waals surface area (Å²) in [6.45, 7) is 5.46. The van der Waals surface area contributed by atoms with Crippen molar-refractivity contribution in [3.05, 3.63) is 35.4 Å². The number of nitrogens with zero attached hydrogens (tertiary/aromatic N) is 1. The highest BCUT2D eigenvalue weighted by Crippen LogP contribution is 2.35. The first kappa shape index (κ1) is 26.7. The Morgan fingerprint density at radius 3 is 2.24 bits per heavy atom. The number of aliphatic carboxylic acids is 1. The van der Waals surface area contributed by atoms with E-state index in [4.69, 9.17) is 21.4 Å². The lowest BCUT2D eigenvalue weighted by Gasteiger charge is -2.34. The molecule has 0 radical (unpaired) electrons. The SMILES string of the molecule is CC(C)(N)CC(=O)N1CCC(c2ccc(N)c(C3=CCCCC3)c2)CC1.O=C(O)C(F)(F)F. The second kappa shape index (κ2) is 11.0. The van der Waals surface area contributed by atoms with Gasteiger partial charge < -0.3 is 21.5 Å². The topological polar surface area (TPSA) is 110 Å². The molecule has 33 heavy (non-hydrogen) atoms. The highest BCUT2D eigenvalue weighted by molar-refractivity contribution is 5.78. The summed E-state index contributed by atoms with van der Waals surface area (Å²) in [6, 6.07) is 6.54. The molecule has 1 aromatic carbocycles. The molecule has 2 aliphatic rings. The first-order valence-electron chi connectivity index (χ1n) is 11.2. The van der Waals surface area contributed by atoms with Gasteiger partial charge in [-0.1, -0.05) is 12.1 Å². The van der Waals surface area contributed by atoms with Gasteiger partial charge in [0, 0.05) is 36.3 Å². The van der Waals surface area contributed by atoms with Crippen molar-refractivity contribution in [1.82, 2.24) is 4.90 Å². The monoisotopic (exact) mass is 469 g/mol. The zero-order valence-electron chi connectivity index (χ0n) is 19.3. The Kier molecular flexibility index (Phi) is 8.94. The van der Waals surface area contributed by atoms with Crippen molar-refractivity contribution in [3.8, 4) is 0 Å². The summed E-state index contributed by atoms with van der Waals surface area (Å²) in [5, 5.41) is 7.12. The van der Waals surface area contributed by atoms with Crippen LogP contribution in [0.3, 0.4) is 0 Å². The van der Waals surface area contributed by atoms with Gasteiger partial charge in [0.05, 0.1) is 0 Å². The fourth-order valence-corrected chi connectivity index (χ4v) is 4.15. The lowest BCUT2D eigenvalue weighted by molar-refractivity contribution is -0.192. The number of carbonyl (C=O) groups excluding carboxylic acids is 1. The van der Waals surface area contributed by atoms with Gasteiger partial charge in [-0.25, -0.2) is 4.79 Å². The minimum Gasteiger partial charge on any atom is -0.475 e. The second-order valence-corrected chi connectivity index (χ2v) is 9.45. The quantitative estimate of drug-likeness (QED) is 0.554. The van der Waals surface area contributed by atoms with Gasteiger partial charge in [-0.2, -0.15) is 13.2 Å². The van der Waals surface area contributed by atoms with Gasteiger partial charge in [-0.3, -0.25) is 4.79 Å². The molecule has 1 heterocycles. The average Bonchev–Trinajstić information content (AvgIpc) is 2.73. The summed E-state index contributed by atoms with van der Waals surface area (Å²) in [4.78, 5) is 23.3. The van der Waals surface area contributed by atoms with E-state index in [2.05, 4.69) is 24.3 Å². The van der Waals surface area contributed by atoms with Crippen molar-refractivity contribution in [2.75, 3.05) is 18.8 Å². The molecule has 0 saturated carbocycles.